The fraction of sp³-hybridized carbons (Fsp3) is 0.650. The van der Waals surface area contributed by atoms with Crippen molar-refractivity contribution in [3.63, 3.8) is 0 Å². The molecule has 0 unspecified atom stereocenters. The third-order valence-corrected chi connectivity index (χ3v) is 4.71. The molecule has 0 spiro atoms. The number of halogens is 1. The molecule has 0 bridgehead atoms. The summed E-state index contributed by atoms with van der Waals surface area (Å²) < 4.78 is 16.3. The Morgan fingerprint density at radius 2 is 1.96 bits per heavy atom. The highest BCUT2D eigenvalue weighted by Crippen LogP contribution is 2.19. The zero-order valence-corrected chi connectivity index (χ0v) is 19.3. The third kappa shape index (κ3) is 7.83. The topological polar surface area (TPSA) is 55.3 Å². The summed E-state index contributed by atoms with van der Waals surface area (Å²) in [6, 6.07) is 6.26. The number of likely N-dealkylation sites (tertiary alicyclic amines) is 1. The largest absolute Gasteiger partial charge is 0.496 e. The van der Waals surface area contributed by atoms with Gasteiger partial charge in [0, 0.05) is 47.0 Å². The van der Waals surface area contributed by atoms with Crippen LogP contribution in [0.3, 0.4) is 0 Å². The van der Waals surface area contributed by atoms with Crippen molar-refractivity contribution in [1.29, 1.82) is 0 Å². The van der Waals surface area contributed by atoms with E-state index in [0.717, 1.165) is 69.4 Å². The number of aliphatic imine (C=N–C) groups is 1. The highest BCUT2D eigenvalue weighted by Gasteiger charge is 2.21. The minimum absolute atomic E-state index is 0. The number of nitrogens with zero attached hydrogens (tertiary/aromatic N) is 2. The van der Waals surface area contributed by atoms with Crippen molar-refractivity contribution in [2.45, 2.75) is 38.8 Å². The maximum Gasteiger partial charge on any atom is 0.193 e. The molecule has 0 amide bonds. The predicted molar refractivity (Wildman–Crippen MR) is 120 cm³/mol. The van der Waals surface area contributed by atoms with Crippen LogP contribution in [-0.4, -0.2) is 64.5 Å². The van der Waals surface area contributed by atoms with E-state index in [1.54, 1.807) is 14.2 Å². The lowest BCUT2D eigenvalue weighted by Gasteiger charge is -2.34. The maximum absolute atomic E-state index is 5.93. The zero-order valence-electron chi connectivity index (χ0n) is 17.0. The maximum atomic E-state index is 5.93. The molecule has 0 radical (unpaired) electrons. The molecule has 1 aliphatic heterocycles. The second-order valence-corrected chi connectivity index (χ2v) is 6.61. The van der Waals surface area contributed by atoms with Crippen LogP contribution in [-0.2, 0) is 16.0 Å². The van der Waals surface area contributed by atoms with Gasteiger partial charge < -0.3 is 24.4 Å². The van der Waals surface area contributed by atoms with Crippen molar-refractivity contribution in [2.24, 2.45) is 4.99 Å². The number of hydrogen-bond acceptors (Lipinski definition) is 4. The van der Waals surface area contributed by atoms with Gasteiger partial charge in [-0.1, -0.05) is 12.1 Å². The Hall–Kier alpha value is -1.06. The third-order valence-electron chi connectivity index (χ3n) is 4.71. The highest BCUT2D eigenvalue weighted by molar-refractivity contribution is 14.0. The number of ether oxygens (including phenoxy) is 3. The fourth-order valence-corrected chi connectivity index (χ4v) is 3.25. The quantitative estimate of drug-likeness (QED) is 0.262. The van der Waals surface area contributed by atoms with Gasteiger partial charge in [-0.2, -0.15) is 0 Å². The minimum atomic E-state index is 0. The van der Waals surface area contributed by atoms with Crippen LogP contribution in [0, 0.1) is 6.92 Å². The smallest absolute Gasteiger partial charge is 0.193 e. The second kappa shape index (κ2) is 13.2. The molecule has 0 aromatic heterocycles. The Morgan fingerprint density at radius 3 is 2.56 bits per heavy atom. The van der Waals surface area contributed by atoms with Crippen LogP contribution in [0.1, 0.15) is 30.4 Å². The summed E-state index contributed by atoms with van der Waals surface area (Å²) >= 11 is 0. The van der Waals surface area contributed by atoms with Gasteiger partial charge in [-0.05, 0) is 43.4 Å². The number of rotatable bonds is 8. The van der Waals surface area contributed by atoms with Gasteiger partial charge in [0.1, 0.15) is 5.75 Å². The molecule has 1 aromatic carbocycles. The molecule has 6 nitrogen and oxygen atoms in total. The number of methoxy groups -OCH3 is 2. The SMILES string of the molecule is CN=C(NCc1ccc(OC)c(C)c1)N1CCC(OCCCOC)CC1.I. The van der Waals surface area contributed by atoms with Gasteiger partial charge in [0.05, 0.1) is 13.2 Å². The standard InChI is InChI=1S/C20H33N3O3.HI/c1-16-14-17(6-7-19(16)25-4)15-22-20(21-2)23-10-8-18(9-11-23)26-13-5-12-24-3;/h6-7,14,18H,5,8-13,15H2,1-4H3,(H,21,22);1H. The van der Waals surface area contributed by atoms with Gasteiger partial charge in [-0.25, -0.2) is 0 Å². The minimum Gasteiger partial charge on any atom is -0.496 e. The first-order valence-electron chi connectivity index (χ1n) is 9.37. The Bertz CT molecular complexity index is 576. The monoisotopic (exact) mass is 491 g/mol. The summed E-state index contributed by atoms with van der Waals surface area (Å²) in [4.78, 5) is 6.75. The zero-order chi connectivity index (χ0) is 18.8. The van der Waals surface area contributed by atoms with Crippen molar-refractivity contribution >= 4 is 29.9 Å². The lowest BCUT2D eigenvalue weighted by molar-refractivity contribution is 0.00989. The van der Waals surface area contributed by atoms with Crippen molar-refractivity contribution in [3.8, 4) is 5.75 Å². The van der Waals surface area contributed by atoms with E-state index >= 15 is 0 Å². The number of piperidine rings is 1. The van der Waals surface area contributed by atoms with Gasteiger partial charge >= 0.3 is 0 Å². The van der Waals surface area contributed by atoms with Crippen molar-refractivity contribution in [2.75, 3.05) is 47.6 Å². The average molecular weight is 491 g/mol. The van der Waals surface area contributed by atoms with Gasteiger partial charge in [-0.15, -0.1) is 24.0 Å². The molecule has 1 aliphatic rings. The number of nitrogens with one attached hydrogen (secondary N) is 1. The number of benzene rings is 1. The molecular formula is C20H34IN3O3. The van der Waals surface area contributed by atoms with Crippen LogP contribution in [0.5, 0.6) is 5.75 Å². The Kier molecular flexibility index (Phi) is 11.7. The highest BCUT2D eigenvalue weighted by atomic mass is 127. The van der Waals surface area contributed by atoms with Crippen LogP contribution in [0.4, 0.5) is 0 Å². The first-order chi connectivity index (χ1) is 12.7. The normalized spacial score (nSPS) is 15.4. The summed E-state index contributed by atoms with van der Waals surface area (Å²) in [6.45, 7) is 6.30. The van der Waals surface area contributed by atoms with E-state index in [4.69, 9.17) is 14.2 Å². The van der Waals surface area contributed by atoms with Crippen LogP contribution in [0.25, 0.3) is 0 Å². The predicted octanol–water partition coefficient (Wildman–Crippen LogP) is 3.21. The van der Waals surface area contributed by atoms with Crippen LogP contribution in [0.2, 0.25) is 0 Å². The Labute approximate surface area is 180 Å². The molecule has 2 rings (SSSR count). The molecule has 7 heteroatoms. The van der Waals surface area contributed by atoms with Crippen molar-refractivity contribution in [1.82, 2.24) is 10.2 Å². The molecule has 0 aliphatic carbocycles. The van der Waals surface area contributed by atoms with E-state index in [9.17, 15) is 0 Å². The van der Waals surface area contributed by atoms with Gasteiger partial charge in [-0.3, -0.25) is 4.99 Å². The van der Waals surface area contributed by atoms with E-state index in [0.29, 0.717) is 6.10 Å². The number of aryl methyl sites for hydroxylation is 1. The Balaban J connectivity index is 0.00000364. The number of hydrogen-bond donors (Lipinski definition) is 1. The molecule has 0 saturated carbocycles. The molecule has 0 atom stereocenters. The molecule has 1 N–H and O–H groups in total. The molecule has 27 heavy (non-hydrogen) atoms. The molecule has 154 valence electrons. The average Bonchev–Trinajstić information content (AvgIpc) is 2.67. The van der Waals surface area contributed by atoms with Crippen molar-refractivity contribution < 1.29 is 14.2 Å². The summed E-state index contributed by atoms with van der Waals surface area (Å²) in [7, 11) is 5.27. The van der Waals surface area contributed by atoms with Gasteiger partial charge in [0.2, 0.25) is 0 Å². The molecular weight excluding hydrogens is 457 g/mol. The molecule has 1 aromatic rings. The van der Waals surface area contributed by atoms with Crippen molar-refractivity contribution in [3.05, 3.63) is 29.3 Å². The lowest BCUT2D eigenvalue weighted by atomic mass is 10.1. The van der Waals surface area contributed by atoms with Gasteiger partial charge in [0.25, 0.3) is 0 Å². The summed E-state index contributed by atoms with van der Waals surface area (Å²) in [5.74, 6) is 1.88. The second-order valence-electron chi connectivity index (χ2n) is 6.61. The lowest BCUT2D eigenvalue weighted by Crippen LogP contribution is -2.46. The van der Waals surface area contributed by atoms with Crippen LogP contribution >= 0.6 is 24.0 Å². The summed E-state index contributed by atoms with van der Waals surface area (Å²) in [5, 5.41) is 3.47. The molecule has 1 fully saturated rings. The molecule has 1 saturated heterocycles. The van der Waals surface area contributed by atoms with E-state index in [1.165, 1.54) is 5.56 Å². The fourth-order valence-electron chi connectivity index (χ4n) is 3.25. The first kappa shape index (κ1) is 24.0. The van der Waals surface area contributed by atoms with Crippen LogP contribution < -0.4 is 10.1 Å². The number of guanidine groups is 1. The van der Waals surface area contributed by atoms with E-state index < -0.39 is 0 Å². The van der Waals surface area contributed by atoms with Crippen LogP contribution in [0.15, 0.2) is 23.2 Å². The molecule has 1 heterocycles. The summed E-state index contributed by atoms with van der Waals surface area (Å²) in [5.41, 5.74) is 2.37. The Morgan fingerprint density at radius 1 is 1.22 bits per heavy atom. The van der Waals surface area contributed by atoms with E-state index in [-0.39, 0.29) is 24.0 Å². The van der Waals surface area contributed by atoms with Gasteiger partial charge in [0.15, 0.2) is 5.96 Å². The van der Waals surface area contributed by atoms with E-state index in [1.807, 2.05) is 13.1 Å². The summed E-state index contributed by atoms with van der Waals surface area (Å²) in [6.07, 6.45) is 3.39. The van der Waals surface area contributed by atoms with E-state index in [2.05, 4.69) is 34.3 Å². The first-order valence-corrected chi connectivity index (χ1v) is 9.37.